The number of carbonyl (C=O) groups excluding carboxylic acids is 2. The molecule has 1 atom stereocenters. The number of aliphatic carboxylic acids is 1. The number of alkyl carbamates (subject to hydrolysis) is 1. The van der Waals surface area contributed by atoms with Crippen molar-refractivity contribution in [3.63, 3.8) is 0 Å². The summed E-state index contributed by atoms with van der Waals surface area (Å²) in [6, 6.07) is 14.7. The summed E-state index contributed by atoms with van der Waals surface area (Å²) < 4.78 is 5.42. The number of carboxylic acids is 1. The number of rotatable bonds is 10. The third kappa shape index (κ3) is 5.79. The van der Waals surface area contributed by atoms with E-state index in [1.165, 1.54) is 0 Å². The predicted octanol–water partition coefficient (Wildman–Crippen LogP) is 3.24. The number of carboxylic acid groups (broad SMARTS) is 1. The average molecular weight is 443 g/mol. The summed E-state index contributed by atoms with van der Waals surface area (Å²) in [5.74, 6) is -0.190. The van der Waals surface area contributed by atoms with E-state index in [-0.39, 0.29) is 12.5 Å². The highest BCUT2D eigenvalue weighted by atomic mass is 32.2. The maximum atomic E-state index is 12.4. The lowest BCUT2D eigenvalue weighted by Crippen LogP contribution is -2.48. The summed E-state index contributed by atoms with van der Waals surface area (Å²) in [6.45, 7) is 2.51. The van der Waals surface area contributed by atoms with Gasteiger partial charge in [-0.05, 0) is 28.0 Å². The fourth-order valence-electron chi connectivity index (χ4n) is 3.68. The molecular formula is C23H26N2O5S. The molecule has 3 rings (SSSR count). The van der Waals surface area contributed by atoms with Gasteiger partial charge in [-0.25, -0.2) is 4.79 Å². The molecule has 7 nitrogen and oxygen atoms in total. The predicted molar refractivity (Wildman–Crippen MR) is 120 cm³/mol. The van der Waals surface area contributed by atoms with E-state index in [4.69, 9.17) is 9.84 Å². The van der Waals surface area contributed by atoms with Crippen LogP contribution in [0.25, 0.3) is 11.1 Å². The molecule has 164 valence electrons. The van der Waals surface area contributed by atoms with Gasteiger partial charge in [-0.1, -0.05) is 55.5 Å². The second kappa shape index (κ2) is 10.9. The summed E-state index contributed by atoms with van der Waals surface area (Å²) in [7, 11) is 0. The first-order chi connectivity index (χ1) is 15.0. The van der Waals surface area contributed by atoms with Crippen LogP contribution in [0.2, 0.25) is 0 Å². The molecule has 0 saturated carbocycles. The van der Waals surface area contributed by atoms with Gasteiger partial charge in [0, 0.05) is 18.2 Å². The van der Waals surface area contributed by atoms with Crippen LogP contribution in [0.4, 0.5) is 4.79 Å². The van der Waals surface area contributed by atoms with Crippen LogP contribution in [-0.4, -0.2) is 53.8 Å². The molecule has 0 radical (unpaired) electrons. The molecule has 2 aromatic carbocycles. The highest BCUT2D eigenvalue weighted by Crippen LogP contribution is 2.44. The Morgan fingerprint density at radius 3 is 2.26 bits per heavy atom. The van der Waals surface area contributed by atoms with E-state index in [0.717, 1.165) is 28.0 Å². The first-order valence-electron chi connectivity index (χ1n) is 10.2. The van der Waals surface area contributed by atoms with Crippen LogP contribution < -0.4 is 10.6 Å². The lowest BCUT2D eigenvalue weighted by molar-refractivity contribution is -0.139. The van der Waals surface area contributed by atoms with E-state index in [2.05, 4.69) is 10.6 Å². The molecule has 0 aliphatic heterocycles. The van der Waals surface area contributed by atoms with Crippen LogP contribution in [0, 0.1) is 0 Å². The van der Waals surface area contributed by atoms with E-state index in [1.54, 1.807) is 11.8 Å². The minimum absolute atomic E-state index is 0.0917. The average Bonchev–Trinajstić information content (AvgIpc) is 3.08. The third-order valence-electron chi connectivity index (χ3n) is 5.08. The summed E-state index contributed by atoms with van der Waals surface area (Å²) in [6.07, 6.45) is -1.33. The highest BCUT2D eigenvalue weighted by Gasteiger charge is 2.30. The zero-order valence-electron chi connectivity index (χ0n) is 17.3. The Labute approximate surface area is 185 Å². The number of thioether (sulfide) groups is 1. The van der Waals surface area contributed by atoms with Crippen LogP contribution in [0.15, 0.2) is 48.5 Å². The Morgan fingerprint density at radius 2 is 1.68 bits per heavy atom. The van der Waals surface area contributed by atoms with Gasteiger partial charge in [0.1, 0.15) is 12.6 Å². The maximum absolute atomic E-state index is 12.4. The molecule has 1 aliphatic rings. The minimum Gasteiger partial charge on any atom is -0.481 e. The van der Waals surface area contributed by atoms with Crippen LogP contribution in [0.1, 0.15) is 30.4 Å². The second-order valence-electron chi connectivity index (χ2n) is 7.11. The van der Waals surface area contributed by atoms with Gasteiger partial charge in [-0.15, -0.1) is 0 Å². The number of benzene rings is 2. The summed E-state index contributed by atoms with van der Waals surface area (Å²) in [5.41, 5.74) is 4.37. The lowest BCUT2D eigenvalue weighted by Gasteiger charge is -2.18. The van der Waals surface area contributed by atoms with Crippen LogP contribution in [0.5, 0.6) is 0 Å². The smallest absolute Gasteiger partial charge is 0.407 e. The van der Waals surface area contributed by atoms with Crippen LogP contribution in [-0.2, 0) is 14.3 Å². The topological polar surface area (TPSA) is 105 Å². The molecule has 0 saturated heterocycles. The Hall–Kier alpha value is -3.00. The fourth-order valence-corrected chi connectivity index (χ4v) is 4.22. The van der Waals surface area contributed by atoms with Crippen LogP contribution in [0.3, 0.4) is 0 Å². The fraction of sp³-hybridized carbons (Fsp3) is 0.348. The van der Waals surface area contributed by atoms with Crippen molar-refractivity contribution in [3.05, 3.63) is 59.7 Å². The first-order valence-corrected chi connectivity index (χ1v) is 11.4. The molecule has 0 heterocycles. The molecule has 8 heteroatoms. The van der Waals surface area contributed by atoms with Crippen molar-refractivity contribution < 1.29 is 24.2 Å². The number of amides is 2. The SMILES string of the molecule is CCSCCNC(=O)C(CC(=O)O)NC(=O)OCC1c2ccccc2-c2ccccc21. The normalized spacial score (nSPS) is 13.1. The van der Waals surface area contributed by atoms with Gasteiger partial charge >= 0.3 is 12.1 Å². The van der Waals surface area contributed by atoms with Crippen molar-refractivity contribution in [2.24, 2.45) is 0 Å². The lowest BCUT2D eigenvalue weighted by atomic mass is 9.98. The van der Waals surface area contributed by atoms with Gasteiger partial charge in [-0.3, -0.25) is 9.59 Å². The quantitative estimate of drug-likeness (QED) is 0.488. The van der Waals surface area contributed by atoms with Crippen molar-refractivity contribution >= 4 is 29.7 Å². The van der Waals surface area contributed by atoms with Crippen molar-refractivity contribution in [1.29, 1.82) is 0 Å². The molecule has 0 bridgehead atoms. The van der Waals surface area contributed by atoms with Gasteiger partial charge in [0.25, 0.3) is 0 Å². The van der Waals surface area contributed by atoms with E-state index in [0.29, 0.717) is 12.3 Å². The zero-order valence-corrected chi connectivity index (χ0v) is 18.1. The van der Waals surface area contributed by atoms with Crippen LogP contribution >= 0.6 is 11.8 Å². The largest absolute Gasteiger partial charge is 0.481 e. The first kappa shape index (κ1) is 22.7. The maximum Gasteiger partial charge on any atom is 0.407 e. The van der Waals surface area contributed by atoms with E-state index in [9.17, 15) is 14.4 Å². The Morgan fingerprint density at radius 1 is 1.06 bits per heavy atom. The molecule has 3 N–H and O–H groups in total. The number of ether oxygens (including phenoxy) is 1. The monoisotopic (exact) mass is 442 g/mol. The van der Waals surface area contributed by atoms with Crippen molar-refractivity contribution in [1.82, 2.24) is 10.6 Å². The summed E-state index contributed by atoms with van der Waals surface area (Å²) >= 11 is 1.66. The molecule has 31 heavy (non-hydrogen) atoms. The number of carbonyl (C=O) groups is 3. The van der Waals surface area contributed by atoms with Crippen molar-refractivity contribution in [2.45, 2.75) is 25.3 Å². The van der Waals surface area contributed by atoms with E-state index >= 15 is 0 Å². The Kier molecular flexibility index (Phi) is 7.94. The molecule has 0 spiro atoms. The van der Waals surface area contributed by atoms with E-state index in [1.807, 2.05) is 55.5 Å². The van der Waals surface area contributed by atoms with Crippen molar-refractivity contribution in [3.8, 4) is 11.1 Å². The zero-order chi connectivity index (χ0) is 22.2. The molecule has 0 aromatic heterocycles. The highest BCUT2D eigenvalue weighted by molar-refractivity contribution is 7.99. The molecule has 2 aromatic rings. The van der Waals surface area contributed by atoms with Crippen molar-refractivity contribution in [2.75, 3.05) is 24.7 Å². The molecule has 1 aliphatic carbocycles. The van der Waals surface area contributed by atoms with Gasteiger partial charge < -0.3 is 20.5 Å². The minimum atomic E-state index is -1.19. The standard InChI is InChI=1S/C23H26N2O5S/c1-2-31-12-11-24-22(28)20(13-21(26)27)25-23(29)30-14-19-17-9-5-3-7-15(17)16-8-4-6-10-18(16)19/h3-10,19-20H,2,11-14H2,1H3,(H,24,28)(H,25,29)(H,26,27). The second-order valence-corrected chi connectivity index (χ2v) is 8.50. The molecular weight excluding hydrogens is 416 g/mol. The summed E-state index contributed by atoms with van der Waals surface area (Å²) in [5, 5.41) is 14.2. The van der Waals surface area contributed by atoms with E-state index < -0.39 is 30.4 Å². The molecule has 0 fully saturated rings. The molecule has 2 amide bonds. The molecule has 1 unspecified atom stereocenters. The number of hydrogen-bond acceptors (Lipinski definition) is 5. The van der Waals surface area contributed by atoms with Gasteiger partial charge in [-0.2, -0.15) is 11.8 Å². The van der Waals surface area contributed by atoms with Gasteiger partial charge in [0.15, 0.2) is 0 Å². The van der Waals surface area contributed by atoms with Gasteiger partial charge in [0.05, 0.1) is 6.42 Å². The Balaban J connectivity index is 1.61. The number of fused-ring (bicyclic) bond motifs is 3. The number of nitrogens with one attached hydrogen (secondary N) is 2. The third-order valence-corrected chi connectivity index (χ3v) is 5.98. The number of hydrogen-bond donors (Lipinski definition) is 3. The summed E-state index contributed by atoms with van der Waals surface area (Å²) in [4.78, 5) is 35.8. The van der Waals surface area contributed by atoms with Gasteiger partial charge in [0.2, 0.25) is 5.91 Å². The Bertz CT molecular complexity index is 904.